The lowest BCUT2D eigenvalue weighted by molar-refractivity contribution is -0.151. The quantitative estimate of drug-likeness (QED) is 0.686. The number of morpholine rings is 1. The number of piperidine rings is 2. The first-order valence-electron chi connectivity index (χ1n) is 9.61. The zero-order chi connectivity index (χ0) is 16.8. The summed E-state index contributed by atoms with van der Waals surface area (Å²) in [6.07, 6.45) is 4.46. The average Bonchev–Trinajstić information content (AvgIpc) is 2.63. The molecule has 3 aliphatic rings. The normalized spacial score (nSPS) is 26.5. The lowest BCUT2D eigenvalue weighted by atomic mass is 9.93. The van der Waals surface area contributed by atoms with Gasteiger partial charge in [-0.05, 0) is 58.9 Å². The molecule has 0 radical (unpaired) electrons. The van der Waals surface area contributed by atoms with Gasteiger partial charge in [-0.3, -0.25) is 9.69 Å². The molecule has 0 amide bonds. The molecule has 3 aliphatic heterocycles. The van der Waals surface area contributed by atoms with Gasteiger partial charge >= 0.3 is 5.97 Å². The topological polar surface area (TPSA) is 45.2 Å². The number of hydrogen-bond acceptors (Lipinski definition) is 6. The molecule has 0 aromatic heterocycles. The minimum absolute atomic E-state index is 0.0197. The minimum atomic E-state index is 0.0197. The number of rotatable bonds is 5. The van der Waals surface area contributed by atoms with Gasteiger partial charge < -0.3 is 19.3 Å². The van der Waals surface area contributed by atoms with E-state index in [1.807, 2.05) is 0 Å². The fraction of sp³-hybridized carbons (Fsp3) is 0.944. The Bertz CT molecular complexity index is 385. The van der Waals surface area contributed by atoms with Gasteiger partial charge in [0.2, 0.25) is 0 Å². The lowest BCUT2D eigenvalue weighted by Gasteiger charge is -2.40. The monoisotopic (exact) mass is 339 g/mol. The molecule has 24 heavy (non-hydrogen) atoms. The zero-order valence-electron chi connectivity index (χ0n) is 15.1. The van der Waals surface area contributed by atoms with Crippen molar-refractivity contribution in [1.82, 2.24) is 14.7 Å². The Morgan fingerprint density at radius 1 is 1.00 bits per heavy atom. The van der Waals surface area contributed by atoms with Crippen LogP contribution in [0.25, 0.3) is 0 Å². The van der Waals surface area contributed by atoms with Gasteiger partial charge in [-0.1, -0.05) is 0 Å². The van der Waals surface area contributed by atoms with E-state index in [1.54, 1.807) is 0 Å². The number of nitrogens with zero attached hydrogens (tertiary/aromatic N) is 3. The number of hydrogen-bond donors (Lipinski definition) is 0. The van der Waals surface area contributed by atoms with Crippen molar-refractivity contribution in [3.05, 3.63) is 0 Å². The third-order valence-corrected chi connectivity index (χ3v) is 5.82. The van der Waals surface area contributed by atoms with E-state index >= 15 is 0 Å². The molecule has 0 atom stereocenters. The van der Waals surface area contributed by atoms with Crippen LogP contribution >= 0.6 is 0 Å². The maximum absolute atomic E-state index is 12.3. The van der Waals surface area contributed by atoms with Crippen LogP contribution in [0.3, 0.4) is 0 Å². The van der Waals surface area contributed by atoms with Crippen molar-refractivity contribution in [1.29, 1.82) is 0 Å². The lowest BCUT2D eigenvalue weighted by Crippen LogP contribution is -2.47. The fourth-order valence-electron chi connectivity index (χ4n) is 4.08. The highest BCUT2D eigenvalue weighted by Gasteiger charge is 2.30. The van der Waals surface area contributed by atoms with Crippen LogP contribution in [-0.4, -0.2) is 99.4 Å². The zero-order valence-corrected chi connectivity index (χ0v) is 15.1. The molecule has 138 valence electrons. The van der Waals surface area contributed by atoms with Crippen LogP contribution in [0.2, 0.25) is 0 Å². The Kier molecular flexibility index (Phi) is 6.89. The van der Waals surface area contributed by atoms with Crippen molar-refractivity contribution in [2.24, 2.45) is 5.92 Å². The molecule has 3 heterocycles. The Morgan fingerprint density at radius 3 is 2.33 bits per heavy atom. The molecule has 6 heteroatoms. The number of esters is 1. The summed E-state index contributed by atoms with van der Waals surface area (Å²) in [5, 5.41) is 0. The molecule has 3 rings (SSSR count). The first-order valence-corrected chi connectivity index (χ1v) is 9.61. The highest BCUT2D eigenvalue weighted by atomic mass is 16.5. The summed E-state index contributed by atoms with van der Waals surface area (Å²) < 4.78 is 10.9. The van der Waals surface area contributed by atoms with Crippen molar-refractivity contribution in [2.45, 2.75) is 31.7 Å². The molecular formula is C18H33N3O3. The molecule has 0 aromatic carbocycles. The second-order valence-electron chi connectivity index (χ2n) is 7.47. The van der Waals surface area contributed by atoms with E-state index < -0.39 is 0 Å². The van der Waals surface area contributed by atoms with E-state index in [1.165, 1.54) is 25.9 Å². The van der Waals surface area contributed by atoms with Crippen LogP contribution in [-0.2, 0) is 14.3 Å². The molecule has 0 unspecified atom stereocenters. The fourth-order valence-corrected chi connectivity index (χ4v) is 4.08. The van der Waals surface area contributed by atoms with E-state index in [-0.39, 0.29) is 11.9 Å². The Balaban J connectivity index is 1.31. The van der Waals surface area contributed by atoms with Crippen molar-refractivity contribution in [3.63, 3.8) is 0 Å². The number of ether oxygens (including phenoxy) is 2. The van der Waals surface area contributed by atoms with Crippen LogP contribution in [0.5, 0.6) is 0 Å². The summed E-state index contributed by atoms with van der Waals surface area (Å²) in [5.74, 6) is 0.128. The Labute approximate surface area is 146 Å². The smallest absolute Gasteiger partial charge is 0.309 e. The molecule has 6 nitrogen and oxygen atoms in total. The van der Waals surface area contributed by atoms with Crippen LogP contribution in [0.4, 0.5) is 0 Å². The first-order chi connectivity index (χ1) is 11.7. The number of likely N-dealkylation sites (tertiary alicyclic amines) is 2. The largest absolute Gasteiger partial charge is 0.464 e. The maximum atomic E-state index is 12.3. The van der Waals surface area contributed by atoms with Gasteiger partial charge in [-0.2, -0.15) is 0 Å². The minimum Gasteiger partial charge on any atom is -0.464 e. The highest BCUT2D eigenvalue weighted by Crippen LogP contribution is 2.24. The SMILES string of the molecule is CN1CCC(N2CCC(C(=O)OCCN3CCOCC3)CC2)CC1. The second-order valence-corrected chi connectivity index (χ2v) is 7.47. The first kappa shape index (κ1) is 18.1. The van der Waals surface area contributed by atoms with Crippen LogP contribution < -0.4 is 0 Å². The third kappa shape index (κ3) is 5.15. The van der Waals surface area contributed by atoms with Gasteiger partial charge in [0.15, 0.2) is 0 Å². The molecule has 0 spiro atoms. The summed E-state index contributed by atoms with van der Waals surface area (Å²) in [5.41, 5.74) is 0. The molecular weight excluding hydrogens is 306 g/mol. The Hall–Kier alpha value is -0.690. The molecule has 0 aliphatic carbocycles. The van der Waals surface area contributed by atoms with Gasteiger partial charge in [0.1, 0.15) is 6.61 Å². The average molecular weight is 339 g/mol. The van der Waals surface area contributed by atoms with Gasteiger partial charge in [-0.15, -0.1) is 0 Å². The van der Waals surface area contributed by atoms with E-state index in [9.17, 15) is 4.79 Å². The van der Waals surface area contributed by atoms with Crippen molar-refractivity contribution >= 4 is 5.97 Å². The summed E-state index contributed by atoms with van der Waals surface area (Å²) >= 11 is 0. The van der Waals surface area contributed by atoms with E-state index in [4.69, 9.17) is 9.47 Å². The molecule has 0 bridgehead atoms. The highest BCUT2D eigenvalue weighted by molar-refractivity contribution is 5.72. The third-order valence-electron chi connectivity index (χ3n) is 5.82. The van der Waals surface area contributed by atoms with Gasteiger partial charge in [0, 0.05) is 25.7 Å². The summed E-state index contributed by atoms with van der Waals surface area (Å²) in [7, 11) is 2.20. The number of carbonyl (C=O) groups excluding carboxylic acids is 1. The molecule has 0 aromatic rings. The van der Waals surface area contributed by atoms with Gasteiger partial charge in [0.25, 0.3) is 0 Å². The van der Waals surface area contributed by atoms with Crippen molar-refractivity contribution in [3.8, 4) is 0 Å². The van der Waals surface area contributed by atoms with Gasteiger partial charge in [0.05, 0.1) is 19.1 Å². The van der Waals surface area contributed by atoms with Crippen LogP contribution in [0.1, 0.15) is 25.7 Å². The molecule has 3 saturated heterocycles. The van der Waals surface area contributed by atoms with Crippen molar-refractivity contribution < 1.29 is 14.3 Å². The molecule has 0 N–H and O–H groups in total. The Morgan fingerprint density at radius 2 is 1.67 bits per heavy atom. The van der Waals surface area contributed by atoms with E-state index in [2.05, 4.69) is 21.7 Å². The van der Waals surface area contributed by atoms with Crippen LogP contribution in [0.15, 0.2) is 0 Å². The molecule has 3 fully saturated rings. The summed E-state index contributed by atoms with van der Waals surface area (Å²) in [4.78, 5) is 19.6. The number of carbonyl (C=O) groups is 1. The standard InChI is InChI=1S/C18H33N3O3/c1-19-6-4-17(5-7-19)21-8-2-16(3-9-21)18(22)24-15-12-20-10-13-23-14-11-20/h16-17H,2-15H2,1H3. The van der Waals surface area contributed by atoms with E-state index in [0.29, 0.717) is 6.61 Å². The van der Waals surface area contributed by atoms with Crippen LogP contribution in [0, 0.1) is 5.92 Å². The maximum Gasteiger partial charge on any atom is 0.309 e. The van der Waals surface area contributed by atoms with Gasteiger partial charge in [-0.25, -0.2) is 0 Å². The predicted molar refractivity (Wildman–Crippen MR) is 93.0 cm³/mol. The van der Waals surface area contributed by atoms with E-state index in [0.717, 1.165) is 64.8 Å². The van der Waals surface area contributed by atoms with Crippen molar-refractivity contribution in [2.75, 3.05) is 72.7 Å². The summed E-state index contributed by atoms with van der Waals surface area (Å²) in [6.45, 7) is 9.36. The molecule has 0 saturated carbocycles. The second kappa shape index (κ2) is 9.13. The summed E-state index contributed by atoms with van der Waals surface area (Å²) in [6, 6.07) is 0.722. The predicted octanol–water partition coefficient (Wildman–Crippen LogP) is 0.668.